The molecule has 8 nitrogen and oxygen atoms in total. The highest BCUT2D eigenvalue weighted by atomic mass is 35.5. The molecule has 1 aliphatic heterocycles. The summed E-state index contributed by atoms with van der Waals surface area (Å²) in [5, 5.41) is 15.2. The van der Waals surface area contributed by atoms with Crippen LogP contribution in [0.15, 0.2) is 29.4 Å². The Bertz CT molecular complexity index is 838. The number of amides is 1. The van der Waals surface area contributed by atoms with Gasteiger partial charge in [-0.1, -0.05) is 23.4 Å². The quantitative estimate of drug-likeness (QED) is 0.753. The van der Waals surface area contributed by atoms with E-state index in [1.165, 1.54) is 16.4 Å². The number of carbonyl (C=O) groups is 1. The van der Waals surface area contributed by atoms with Crippen molar-refractivity contribution in [3.8, 4) is 5.69 Å². The Morgan fingerprint density at radius 1 is 1.38 bits per heavy atom. The van der Waals surface area contributed by atoms with Crippen molar-refractivity contribution in [1.29, 1.82) is 0 Å². The molecule has 0 spiro atoms. The molecule has 24 heavy (non-hydrogen) atoms. The maximum atomic E-state index is 12.0. The van der Waals surface area contributed by atoms with Gasteiger partial charge in [0.2, 0.25) is 11.1 Å². The zero-order valence-corrected chi connectivity index (χ0v) is 14.8. The molecule has 11 heteroatoms. The summed E-state index contributed by atoms with van der Waals surface area (Å²) in [6.07, 6.45) is 0.460. The number of nitrogens with zero attached hydrogens (tertiary/aromatic N) is 4. The fourth-order valence-electron chi connectivity index (χ4n) is 2.32. The van der Waals surface area contributed by atoms with Gasteiger partial charge in [0.05, 0.1) is 22.9 Å². The number of aromatic nitrogens is 4. The zero-order valence-electron chi connectivity index (χ0n) is 12.4. The van der Waals surface area contributed by atoms with Crippen LogP contribution in [-0.4, -0.2) is 57.8 Å². The Balaban J connectivity index is 1.58. The average molecular weight is 388 g/mol. The molecule has 0 saturated carbocycles. The summed E-state index contributed by atoms with van der Waals surface area (Å²) in [5.41, 5.74) is 0.731. The summed E-state index contributed by atoms with van der Waals surface area (Å²) in [4.78, 5) is 12.0. The first kappa shape index (κ1) is 17.2. The van der Waals surface area contributed by atoms with E-state index >= 15 is 0 Å². The number of tetrazole rings is 1. The maximum Gasteiger partial charge on any atom is 0.230 e. The van der Waals surface area contributed by atoms with Gasteiger partial charge in [-0.05, 0) is 41.1 Å². The number of thioether (sulfide) groups is 1. The van der Waals surface area contributed by atoms with Gasteiger partial charge in [0, 0.05) is 11.1 Å². The SMILES string of the molecule is O=C(CSc1nnnn1-c1ccc(Cl)cc1)N[C@H]1CCS(=O)(=O)C1. The van der Waals surface area contributed by atoms with Crippen LogP contribution in [-0.2, 0) is 14.6 Å². The normalized spacial score (nSPS) is 19.3. The number of halogens is 1. The third kappa shape index (κ3) is 4.25. The Morgan fingerprint density at radius 2 is 2.12 bits per heavy atom. The van der Waals surface area contributed by atoms with Crippen molar-refractivity contribution in [2.45, 2.75) is 17.6 Å². The summed E-state index contributed by atoms with van der Waals surface area (Å²) in [6.45, 7) is 0. The minimum Gasteiger partial charge on any atom is -0.352 e. The van der Waals surface area contributed by atoms with E-state index in [0.717, 1.165) is 5.69 Å². The molecule has 1 saturated heterocycles. The number of benzene rings is 1. The number of hydrogen-bond acceptors (Lipinski definition) is 7. The lowest BCUT2D eigenvalue weighted by molar-refractivity contribution is -0.119. The zero-order chi connectivity index (χ0) is 17.2. The Hall–Kier alpha value is -1.65. The van der Waals surface area contributed by atoms with Crippen LogP contribution in [0.5, 0.6) is 0 Å². The fourth-order valence-corrected chi connectivity index (χ4v) is 4.82. The molecular formula is C13H14ClN5O3S2. The molecule has 0 radical (unpaired) electrons. The maximum absolute atomic E-state index is 12.0. The first-order valence-corrected chi connectivity index (χ1v) is 10.3. The molecule has 1 aliphatic rings. The van der Waals surface area contributed by atoms with E-state index in [-0.39, 0.29) is 29.2 Å². The second-order valence-electron chi connectivity index (χ2n) is 5.31. The van der Waals surface area contributed by atoms with Crippen molar-refractivity contribution in [2.24, 2.45) is 0 Å². The Morgan fingerprint density at radius 3 is 2.79 bits per heavy atom. The van der Waals surface area contributed by atoms with Crippen molar-refractivity contribution < 1.29 is 13.2 Å². The highest BCUT2D eigenvalue weighted by Crippen LogP contribution is 2.20. The first-order chi connectivity index (χ1) is 11.4. The molecular weight excluding hydrogens is 374 g/mol. The molecule has 1 aromatic heterocycles. The third-order valence-corrected chi connectivity index (χ3v) is 6.38. The van der Waals surface area contributed by atoms with Gasteiger partial charge in [-0.2, -0.15) is 4.68 Å². The smallest absolute Gasteiger partial charge is 0.230 e. The van der Waals surface area contributed by atoms with Gasteiger partial charge < -0.3 is 5.32 Å². The highest BCUT2D eigenvalue weighted by Gasteiger charge is 2.28. The number of rotatable bonds is 5. The van der Waals surface area contributed by atoms with Crippen LogP contribution in [0.4, 0.5) is 0 Å². The molecule has 2 aromatic rings. The predicted molar refractivity (Wildman–Crippen MR) is 90.1 cm³/mol. The highest BCUT2D eigenvalue weighted by molar-refractivity contribution is 7.99. The van der Waals surface area contributed by atoms with E-state index in [1.54, 1.807) is 24.3 Å². The van der Waals surface area contributed by atoms with Gasteiger partial charge in [-0.3, -0.25) is 4.79 Å². The Kier molecular flexibility index (Phi) is 5.07. The van der Waals surface area contributed by atoms with Gasteiger partial charge in [0.25, 0.3) is 0 Å². The van der Waals surface area contributed by atoms with E-state index in [4.69, 9.17) is 11.6 Å². The Labute approximate surface area is 147 Å². The molecule has 1 N–H and O–H groups in total. The van der Waals surface area contributed by atoms with Crippen LogP contribution in [0.3, 0.4) is 0 Å². The number of sulfone groups is 1. The lowest BCUT2D eigenvalue weighted by Crippen LogP contribution is -2.36. The second-order valence-corrected chi connectivity index (χ2v) is 8.91. The minimum atomic E-state index is -3.01. The molecule has 3 rings (SSSR count). The third-order valence-electron chi connectivity index (χ3n) is 3.44. The van der Waals surface area contributed by atoms with Crippen LogP contribution in [0.2, 0.25) is 5.02 Å². The van der Waals surface area contributed by atoms with Crippen molar-refractivity contribution in [1.82, 2.24) is 25.5 Å². The van der Waals surface area contributed by atoms with E-state index in [9.17, 15) is 13.2 Å². The van der Waals surface area contributed by atoms with Crippen LogP contribution in [0.1, 0.15) is 6.42 Å². The molecule has 0 unspecified atom stereocenters. The van der Waals surface area contributed by atoms with Crippen LogP contribution < -0.4 is 5.32 Å². The van der Waals surface area contributed by atoms with E-state index < -0.39 is 9.84 Å². The lowest BCUT2D eigenvalue weighted by atomic mass is 10.3. The first-order valence-electron chi connectivity index (χ1n) is 7.10. The van der Waals surface area contributed by atoms with Gasteiger partial charge in [-0.25, -0.2) is 8.42 Å². The summed E-state index contributed by atoms with van der Waals surface area (Å²) < 4.78 is 24.3. The number of hydrogen-bond donors (Lipinski definition) is 1. The van der Waals surface area contributed by atoms with Gasteiger partial charge in [0.15, 0.2) is 9.84 Å². The summed E-state index contributed by atoms with van der Waals surface area (Å²) >= 11 is 7.03. The molecule has 1 fully saturated rings. The topological polar surface area (TPSA) is 107 Å². The monoisotopic (exact) mass is 387 g/mol. The average Bonchev–Trinajstić information content (AvgIpc) is 3.12. The standard InChI is InChI=1S/C13H14ClN5O3S2/c14-9-1-3-11(4-2-9)19-13(16-17-18-19)23-7-12(20)15-10-5-6-24(21,22)8-10/h1-4,10H,5-8H2,(H,15,20)/t10-/m0/s1. The predicted octanol–water partition coefficient (Wildman–Crippen LogP) is 0.711. The molecule has 128 valence electrons. The number of carbonyl (C=O) groups excluding carboxylic acids is 1. The molecule has 1 atom stereocenters. The summed E-state index contributed by atoms with van der Waals surface area (Å²) in [5.74, 6) is -0.0103. The molecule has 1 aromatic carbocycles. The number of nitrogens with one attached hydrogen (secondary N) is 1. The van der Waals surface area contributed by atoms with Gasteiger partial charge in [-0.15, -0.1) is 5.10 Å². The lowest BCUT2D eigenvalue weighted by Gasteiger charge is -2.10. The van der Waals surface area contributed by atoms with Crippen molar-refractivity contribution in [3.63, 3.8) is 0 Å². The fraction of sp³-hybridized carbons (Fsp3) is 0.385. The van der Waals surface area contributed by atoms with Crippen molar-refractivity contribution >= 4 is 39.1 Å². The van der Waals surface area contributed by atoms with E-state index in [2.05, 4.69) is 20.8 Å². The van der Waals surface area contributed by atoms with Crippen LogP contribution >= 0.6 is 23.4 Å². The van der Waals surface area contributed by atoms with Crippen molar-refractivity contribution in [3.05, 3.63) is 29.3 Å². The van der Waals surface area contributed by atoms with Crippen molar-refractivity contribution in [2.75, 3.05) is 17.3 Å². The van der Waals surface area contributed by atoms with Gasteiger partial charge in [0.1, 0.15) is 0 Å². The largest absolute Gasteiger partial charge is 0.352 e. The minimum absolute atomic E-state index is 0.00587. The van der Waals surface area contributed by atoms with E-state index in [1.807, 2.05) is 0 Å². The summed E-state index contributed by atoms with van der Waals surface area (Å²) in [6, 6.07) is 6.68. The van der Waals surface area contributed by atoms with E-state index in [0.29, 0.717) is 16.6 Å². The molecule has 2 heterocycles. The van der Waals surface area contributed by atoms with Crippen LogP contribution in [0.25, 0.3) is 5.69 Å². The van der Waals surface area contributed by atoms with Crippen LogP contribution in [0, 0.1) is 0 Å². The van der Waals surface area contributed by atoms with Gasteiger partial charge >= 0.3 is 0 Å². The molecule has 0 bridgehead atoms. The summed E-state index contributed by atoms with van der Waals surface area (Å²) in [7, 11) is -3.01. The second kappa shape index (κ2) is 7.08. The molecule has 0 aliphatic carbocycles. The molecule has 1 amide bonds.